The molecule has 1 fully saturated rings. The summed E-state index contributed by atoms with van der Waals surface area (Å²) in [6, 6.07) is 16.4. The Labute approximate surface area is 176 Å². The van der Waals surface area contributed by atoms with Gasteiger partial charge in [-0.15, -0.1) is 0 Å². The van der Waals surface area contributed by atoms with E-state index in [4.69, 9.17) is 17.3 Å². The smallest absolute Gasteiger partial charge is 0.312 e. The molecule has 2 aromatic rings. The number of nitrogens with two attached hydrogens (primary N) is 1. The van der Waals surface area contributed by atoms with Crippen LogP contribution < -0.4 is 16.4 Å². The first kappa shape index (κ1) is 21.1. The normalized spacial score (nSPS) is 16.2. The van der Waals surface area contributed by atoms with E-state index in [0.717, 1.165) is 38.0 Å². The van der Waals surface area contributed by atoms with E-state index in [1.807, 2.05) is 6.07 Å². The summed E-state index contributed by atoms with van der Waals surface area (Å²) in [6.45, 7) is 2.82. The SMILES string of the molecule is NC(=O)NC(CC(=O)NC1CCN(Cc2ccccc2)CC1)c1ccc(Cl)cc1. The van der Waals surface area contributed by atoms with Gasteiger partial charge in [0.25, 0.3) is 0 Å². The van der Waals surface area contributed by atoms with Gasteiger partial charge in [0.15, 0.2) is 0 Å². The van der Waals surface area contributed by atoms with Crippen LogP contribution in [0.4, 0.5) is 4.79 Å². The summed E-state index contributed by atoms with van der Waals surface area (Å²) in [5.41, 5.74) is 7.38. The summed E-state index contributed by atoms with van der Waals surface area (Å²) < 4.78 is 0. The molecule has 0 bridgehead atoms. The molecule has 2 aromatic carbocycles. The largest absolute Gasteiger partial charge is 0.353 e. The first-order valence-corrected chi connectivity index (χ1v) is 10.2. The maximum atomic E-state index is 12.6. The summed E-state index contributed by atoms with van der Waals surface area (Å²) >= 11 is 5.92. The summed E-state index contributed by atoms with van der Waals surface area (Å²) in [6.07, 6.45) is 1.95. The molecule has 1 saturated heterocycles. The minimum atomic E-state index is -0.660. The van der Waals surface area contributed by atoms with Crippen molar-refractivity contribution in [2.45, 2.75) is 37.9 Å². The highest BCUT2D eigenvalue weighted by molar-refractivity contribution is 6.30. The molecule has 0 spiro atoms. The highest BCUT2D eigenvalue weighted by Gasteiger charge is 2.23. The fourth-order valence-corrected chi connectivity index (χ4v) is 3.79. The van der Waals surface area contributed by atoms with Crippen LogP contribution in [-0.4, -0.2) is 36.0 Å². The van der Waals surface area contributed by atoms with Crippen molar-refractivity contribution in [1.29, 1.82) is 0 Å². The van der Waals surface area contributed by atoms with Gasteiger partial charge in [0.05, 0.1) is 12.5 Å². The second kappa shape index (κ2) is 10.3. The number of amides is 3. The minimum absolute atomic E-state index is 0.0970. The predicted octanol–water partition coefficient (Wildman–Crippen LogP) is 3.22. The monoisotopic (exact) mass is 414 g/mol. The van der Waals surface area contributed by atoms with E-state index in [2.05, 4.69) is 39.8 Å². The van der Waals surface area contributed by atoms with Crippen molar-refractivity contribution in [1.82, 2.24) is 15.5 Å². The van der Waals surface area contributed by atoms with Crippen molar-refractivity contribution < 1.29 is 9.59 Å². The van der Waals surface area contributed by atoms with Crippen molar-refractivity contribution in [3.63, 3.8) is 0 Å². The van der Waals surface area contributed by atoms with Gasteiger partial charge < -0.3 is 16.4 Å². The zero-order chi connectivity index (χ0) is 20.6. The Morgan fingerprint density at radius 2 is 1.72 bits per heavy atom. The third kappa shape index (κ3) is 6.76. The Morgan fingerprint density at radius 1 is 1.07 bits per heavy atom. The molecule has 1 aliphatic heterocycles. The molecule has 0 aromatic heterocycles. The summed E-state index contributed by atoms with van der Waals surface area (Å²) in [5.74, 6) is -0.0970. The molecule has 3 amide bonds. The number of nitrogens with one attached hydrogen (secondary N) is 2. The zero-order valence-electron chi connectivity index (χ0n) is 16.3. The second-order valence-electron chi connectivity index (χ2n) is 7.42. The van der Waals surface area contributed by atoms with Crippen LogP contribution in [0, 0.1) is 0 Å². The number of carbonyl (C=O) groups is 2. The Kier molecular flexibility index (Phi) is 7.49. The Balaban J connectivity index is 1.49. The summed E-state index contributed by atoms with van der Waals surface area (Å²) in [4.78, 5) is 26.3. The number of primary amides is 1. The van der Waals surface area contributed by atoms with Crippen LogP contribution in [0.15, 0.2) is 54.6 Å². The molecule has 6 nitrogen and oxygen atoms in total. The van der Waals surface area contributed by atoms with Gasteiger partial charge in [-0.2, -0.15) is 0 Å². The van der Waals surface area contributed by atoms with Crippen molar-refractivity contribution in [2.24, 2.45) is 5.73 Å². The van der Waals surface area contributed by atoms with Gasteiger partial charge in [0.1, 0.15) is 0 Å². The van der Waals surface area contributed by atoms with Crippen LogP contribution in [0.1, 0.15) is 36.4 Å². The van der Waals surface area contributed by atoms with Crippen molar-refractivity contribution in [2.75, 3.05) is 13.1 Å². The lowest BCUT2D eigenvalue weighted by molar-refractivity contribution is -0.122. The van der Waals surface area contributed by atoms with E-state index in [-0.39, 0.29) is 18.4 Å². The molecule has 1 atom stereocenters. The Hall–Kier alpha value is -2.57. The maximum absolute atomic E-state index is 12.6. The average Bonchev–Trinajstić information content (AvgIpc) is 2.70. The fraction of sp³-hybridized carbons (Fsp3) is 0.364. The van der Waals surface area contributed by atoms with E-state index in [1.54, 1.807) is 24.3 Å². The van der Waals surface area contributed by atoms with Crippen LogP contribution in [-0.2, 0) is 11.3 Å². The molecular formula is C22H27ClN4O2. The standard InChI is InChI=1S/C22H27ClN4O2/c23-18-8-6-17(7-9-18)20(26-22(24)29)14-21(28)25-19-10-12-27(13-11-19)15-16-4-2-1-3-5-16/h1-9,19-20H,10-15H2,(H,25,28)(H3,24,26,29). The van der Waals surface area contributed by atoms with Gasteiger partial charge in [0.2, 0.25) is 5.91 Å². The fourth-order valence-electron chi connectivity index (χ4n) is 3.67. The van der Waals surface area contributed by atoms with Gasteiger partial charge in [0, 0.05) is 30.7 Å². The van der Waals surface area contributed by atoms with Crippen molar-refractivity contribution in [3.05, 3.63) is 70.7 Å². The molecule has 0 saturated carbocycles. The van der Waals surface area contributed by atoms with Crippen molar-refractivity contribution in [3.8, 4) is 0 Å². The number of benzene rings is 2. The second-order valence-corrected chi connectivity index (χ2v) is 7.86. The van der Waals surface area contributed by atoms with Gasteiger partial charge in [-0.25, -0.2) is 4.79 Å². The van der Waals surface area contributed by atoms with Crippen LogP contribution in [0.3, 0.4) is 0 Å². The lowest BCUT2D eigenvalue weighted by Gasteiger charge is -2.32. The highest BCUT2D eigenvalue weighted by Crippen LogP contribution is 2.20. The topological polar surface area (TPSA) is 87.5 Å². The number of hydrogen-bond acceptors (Lipinski definition) is 3. The molecule has 0 aliphatic carbocycles. The molecule has 3 rings (SSSR count). The van der Waals surface area contributed by atoms with Crippen LogP contribution in [0.25, 0.3) is 0 Å². The van der Waals surface area contributed by atoms with Gasteiger partial charge >= 0.3 is 6.03 Å². The van der Waals surface area contributed by atoms with Gasteiger partial charge in [-0.05, 0) is 36.1 Å². The number of rotatable bonds is 7. The molecular weight excluding hydrogens is 388 g/mol. The molecule has 4 N–H and O–H groups in total. The molecule has 1 unspecified atom stereocenters. The van der Waals surface area contributed by atoms with E-state index in [9.17, 15) is 9.59 Å². The number of likely N-dealkylation sites (tertiary alicyclic amines) is 1. The summed E-state index contributed by atoms with van der Waals surface area (Å²) in [5, 5.41) is 6.34. The number of piperidine rings is 1. The quantitative estimate of drug-likeness (QED) is 0.650. The van der Waals surface area contributed by atoms with E-state index in [1.165, 1.54) is 5.56 Å². The molecule has 154 valence electrons. The average molecular weight is 415 g/mol. The highest BCUT2D eigenvalue weighted by atomic mass is 35.5. The lowest BCUT2D eigenvalue weighted by atomic mass is 10.0. The first-order chi connectivity index (χ1) is 14.0. The number of nitrogens with zero attached hydrogens (tertiary/aromatic N) is 1. The van der Waals surface area contributed by atoms with Crippen LogP contribution >= 0.6 is 11.6 Å². The van der Waals surface area contributed by atoms with E-state index in [0.29, 0.717) is 5.02 Å². The number of hydrogen-bond donors (Lipinski definition) is 3. The first-order valence-electron chi connectivity index (χ1n) is 9.86. The Morgan fingerprint density at radius 3 is 2.34 bits per heavy atom. The third-order valence-electron chi connectivity index (χ3n) is 5.18. The van der Waals surface area contributed by atoms with E-state index >= 15 is 0 Å². The maximum Gasteiger partial charge on any atom is 0.312 e. The summed E-state index contributed by atoms with van der Waals surface area (Å²) in [7, 11) is 0. The molecule has 7 heteroatoms. The van der Waals surface area contributed by atoms with Crippen molar-refractivity contribution >= 4 is 23.5 Å². The number of urea groups is 1. The predicted molar refractivity (Wildman–Crippen MR) is 114 cm³/mol. The Bertz CT molecular complexity index is 805. The number of halogens is 1. The molecule has 0 radical (unpaired) electrons. The molecule has 1 heterocycles. The van der Waals surface area contributed by atoms with E-state index < -0.39 is 12.1 Å². The number of carbonyl (C=O) groups excluding carboxylic acids is 2. The zero-order valence-corrected chi connectivity index (χ0v) is 17.1. The molecule has 29 heavy (non-hydrogen) atoms. The molecule has 1 aliphatic rings. The van der Waals surface area contributed by atoms with Crippen LogP contribution in [0.5, 0.6) is 0 Å². The minimum Gasteiger partial charge on any atom is -0.353 e. The van der Waals surface area contributed by atoms with Gasteiger partial charge in [-0.1, -0.05) is 54.1 Å². The third-order valence-corrected chi connectivity index (χ3v) is 5.43. The lowest BCUT2D eigenvalue weighted by Crippen LogP contribution is -2.45. The van der Waals surface area contributed by atoms with Gasteiger partial charge in [-0.3, -0.25) is 9.69 Å². The van der Waals surface area contributed by atoms with Crippen LogP contribution in [0.2, 0.25) is 5.02 Å².